The van der Waals surface area contributed by atoms with Gasteiger partial charge in [-0.15, -0.1) is 11.3 Å². The van der Waals surface area contributed by atoms with Crippen LogP contribution in [0.1, 0.15) is 29.8 Å². The molecule has 0 saturated heterocycles. The van der Waals surface area contributed by atoms with Crippen molar-refractivity contribution >= 4 is 17.2 Å². The van der Waals surface area contributed by atoms with Crippen LogP contribution < -0.4 is 4.74 Å². The zero-order chi connectivity index (χ0) is 24.3. The number of para-hydroxylation sites is 1. The summed E-state index contributed by atoms with van der Waals surface area (Å²) in [5.74, 6) is -0.285. The molecule has 0 radical (unpaired) electrons. The van der Waals surface area contributed by atoms with Gasteiger partial charge in [-0.1, -0.05) is 12.1 Å². The minimum absolute atomic E-state index is 0.0417. The minimum Gasteiger partial charge on any atom is -0.488 e. The molecule has 0 fully saturated rings. The average Bonchev–Trinajstić information content (AvgIpc) is 3.31. The van der Waals surface area contributed by atoms with Crippen molar-refractivity contribution < 1.29 is 28.5 Å². The van der Waals surface area contributed by atoms with E-state index in [4.69, 9.17) is 14.2 Å². The molecular formula is C25H35FN2O5S. The molecule has 1 N–H and O–H groups in total. The Morgan fingerprint density at radius 1 is 1.35 bits per heavy atom. The van der Waals surface area contributed by atoms with Crippen molar-refractivity contribution in [2.75, 3.05) is 59.7 Å². The molecule has 1 aromatic heterocycles. The van der Waals surface area contributed by atoms with Gasteiger partial charge in [0.25, 0.3) is 0 Å². The number of hydrogen-bond acceptors (Lipinski definition) is 7. The van der Waals surface area contributed by atoms with Crippen LogP contribution in [0.2, 0.25) is 0 Å². The van der Waals surface area contributed by atoms with Gasteiger partial charge in [0, 0.05) is 44.8 Å². The Morgan fingerprint density at radius 2 is 2.18 bits per heavy atom. The van der Waals surface area contributed by atoms with Crippen LogP contribution in [0.25, 0.3) is 0 Å². The van der Waals surface area contributed by atoms with E-state index in [9.17, 15) is 14.3 Å². The molecule has 0 saturated carbocycles. The summed E-state index contributed by atoms with van der Waals surface area (Å²) < 4.78 is 30.4. The van der Waals surface area contributed by atoms with E-state index in [0.717, 1.165) is 18.4 Å². The van der Waals surface area contributed by atoms with Crippen molar-refractivity contribution in [2.45, 2.75) is 31.9 Å². The molecule has 2 aromatic rings. The number of halogens is 1. The number of carbonyl (C=O) groups is 1. The fourth-order valence-electron chi connectivity index (χ4n) is 4.16. The normalized spacial score (nSPS) is 16.5. The third-order valence-electron chi connectivity index (χ3n) is 5.81. The minimum atomic E-state index is -0.680. The number of amides is 1. The summed E-state index contributed by atoms with van der Waals surface area (Å²) in [4.78, 5) is 18.5. The molecule has 0 spiro atoms. The quantitative estimate of drug-likeness (QED) is 0.407. The standard InChI is InChI=1S/C25H35FN2O5S/c1-3-32-17-19(29)15-27(11-6-13-31-2)16-25(30)28-12-9-24-20(10-14-34-24)22(28)18-33-23-8-5-4-7-21(23)26/h4-5,7-8,10,14,19,22,29H,3,6,9,11-13,15-18H2,1-2H3. The molecule has 1 aromatic carbocycles. The summed E-state index contributed by atoms with van der Waals surface area (Å²) in [6.07, 6.45) is 0.853. The van der Waals surface area contributed by atoms with Crippen LogP contribution in [-0.2, 0) is 20.7 Å². The highest BCUT2D eigenvalue weighted by Crippen LogP contribution is 2.34. The van der Waals surface area contributed by atoms with Crippen LogP contribution in [0.4, 0.5) is 4.39 Å². The van der Waals surface area contributed by atoms with Crippen LogP contribution in [-0.4, -0.2) is 86.6 Å². The smallest absolute Gasteiger partial charge is 0.237 e. The van der Waals surface area contributed by atoms with Crippen LogP contribution in [0.5, 0.6) is 5.75 Å². The Kier molecular flexibility index (Phi) is 10.7. The molecule has 2 atom stereocenters. The van der Waals surface area contributed by atoms with Gasteiger partial charge in [0.05, 0.1) is 25.3 Å². The maximum absolute atomic E-state index is 14.1. The first-order valence-electron chi connectivity index (χ1n) is 11.7. The third-order valence-corrected chi connectivity index (χ3v) is 6.81. The summed E-state index contributed by atoms with van der Waals surface area (Å²) in [5.41, 5.74) is 1.06. The lowest BCUT2D eigenvalue weighted by Crippen LogP contribution is -2.48. The molecule has 7 nitrogen and oxygen atoms in total. The van der Waals surface area contributed by atoms with E-state index in [1.54, 1.807) is 36.6 Å². The first kappa shape index (κ1) is 26.6. The maximum Gasteiger partial charge on any atom is 0.237 e. The molecule has 2 unspecified atom stereocenters. The monoisotopic (exact) mass is 494 g/mol. The Balaban J connectivity index is 1.70. The maximum atomic E-state index is 14.1. The lowest BCUT2D eigenvalue weighted by molar-refractivity contribution is -0.136. The summed E-state index contributed by atoms with van der Waals surface area (Å²) in [6.45, 7) is 5.09. The lowest BCUT2D eigenvalue weighted by atomic mass is 10.0. The number of aliphatic hydroxyl groups is 1. The highest BCUT2D eigenvalue weighted by atomic mass is 32.1. The second kappa shape index (κ2) is 13.7. The number of ether oxygens (including phenoxy) is 3. The summed E-state index contributed by atoms with van der Waals surface area (Å²) >= 11 is 1.67. The largest absolute Gasteiger partial charge is 0.488 e. The van der Waals surface area contributed by atoms with E-state index in [2.05, 4.69) is 0 Å². The number of methoxy groups -OCH3 is 1. The molecular weight excluding hydrogens is 459 g/mol. The average molecular weight is 495 g/mol. The number of hydrogen-bond donors (Lipinski definition) is 1. The van der Waals surface area contributed by atoms with E-state index in [0.29, 0.717) is 32.8 Å². The van der Waals surface area contributed by atoms with E-state index in [1.807, 2.05) is 28.2 Å². The first-order valence-corrected chi connectivity index (χ1v) is 12.6. The van der Waals surface area contributed by atoms with Crippen molar-refractivity contribution in [2.24, 2.45) is 0 Å². The van der Waals surface area contributed by atoms with Gasteiger partial charge in [0.2, 0.25) is 5.91 Å². The Labute approximate surface area is 205 Å². The van der Waals surface area contributed by atoms with Gasteiger partial charge in [-0.05, 0) is 48.9 Å². The molecule has 1 aliphatic heterocycles. The number of carbonyl (C=O) groups excluding carboxylic acids is 1. The number of nitrogens with zero attached hydrogens (tertiary/aromatic N) is 2. The van der Waals surface area contributed by atoms with Gasteiger partial charge in [0.15, 0.2) is 11.6 Å². The second-order valence-electron chi connectivity index (χ2n) is 8.29. The van der Waals surface area contributed by atoms with Crippen LogP contribution in [0.15, 0.2) is 35.7 Å². The van der Waals surface area contributed by atoms with Crippen molar-refractivity contribution in [3.05, 3.63) is 52.0 Å². The van der Waals surface area contributed by atoms with Gasteiger partial charge in [-0.3, -0.25) is 9.69 Å². The van der Waals surface area contributed by atoms with Gasteiger partial charge in [-0.25, -0.2) is 4.39 Å². The lowest BCUT2D eigenvalue weighted by Gasteiger charge is -2.37. The van der Waals surface area contributed by atoms with E-state index in [1.165, 1.54) is 10.9 Å². The number of aliphatic hydroxyl groups excluding tert-OH is 1. The van der Waals surface area contributed by atoms with Crippen LogP contribution >= 0.6 is 11.3 Å². The molecule has 188 valence electrons. The Hall–Kier alpha value is -2.04. The van der Waals surface area contributed by atoms with Crippen molar-refractivity contribution in [3.8, 4) is 5.75 Å². The summed E-state index contributed by atoms with van der Waals surface area (Å²) in [5, 5.41) is 12.4. The summed E-state index contributed by atoms with van der Waals surface area (Å²) in [7, 11) is 1.64. The van der Waals surface area contributed by atoms with Gasteiger partial charge in [0.1, 0.15) is 6.61 Å². The Bertz CT molecular complexity index is 896. The molecule has 2 heterocycles. The zero-order valence-corrected chi connectivity index (χ0v) is 20.8. The molecule has 0 bridgehead atoms. The third kappa shape index (κ3) is 7.48. The van der Waals surface area contributed by atoms with Crippen molar-refractivity contribution in [1.82, 2.24) is 9.80 Å². The fourth-order valence-corrected chi connectivity index (χ4v) is 5.09. The predicted octanol–water partition coefficient (Wildman–Crippen LogP) is 3.13. The highest BCUT2D eigenvalue weighted by Gasteiger charge is 2.33. The van der Waals surface area contributed by atoms with Gasteiger partial charge < -0.3 is 24.2 Å². The SMILES string of the molecule is CCOCC(O)CN(CCCOC)CC(=O)N1CCc2sccc2C1COc1ccccc1F. The molecule has 1 amide bonds. The van der Waals surface area contributed by atoms with Crippen LogP contribution in [0, 0.1) is 5.82 Å². The van der Waals surface area contributed by atoms with Crippen molar-refractivity contribution in [3.63, 3.8) is 0 Å². The van der Waals surface area contributed by atoms with E-state index < -0.39 is 11.9 Å². The number of benzene rings is 1. The fraction of sp³-hybridized carbons (Fsp3) is 0.560. The number of fused-ring (bicyclic) bond motifs is 1. The number of thiophene rings is 1. The molecule has 9 heteroatoms. The van der Waals surface area contributed by atoms with E-state index in [-0.39, 0.29) is 37.5 Å². The Morgan fingerprint density at radius 3 is 2.94 bits per heavy atom. The second-order valence-corrected chi connectivity index (χ2v) is 9.29. The molecule has 1 aliphatic rings. The predicted molar refractivity (Wildman–Crippen MR) is 130 cm³/mol. The van der Waals surface area contributed by atoms with Crippen molar-refractivity contribution in [1.29, 1.82) is 0 Å². The van der Waals surface area contributed by atoms with Gasteiger partial charge in [-0.2, -0.15) is 0 Å². The highest BCUT2D eigenvalue weighted by molar-refractivity contribution is 7.10. The van der Waals surface area contributed by atoms with Gasteiger partial charge >= 0.3 is 0 Å². The van der Waals surface area contributed by atoms with Crippen LogP contribution in [0.3, 0.4) is 0 Å². The summed E-state index contributed by atoms with van der Waals surface area (Å²) in [6, 6.07) is 8.03. The topological polar surface area (TPSA) is 71.5 Å². The number of rotatable bonds is 14. The first-order chi connectivity index (χ1) is 16.5. The molecule has 34 heavy (non-hydrogen) atoms. The van der Waals surface area contributed by atoms with E-state index >= 15 is 0 Å². The molecule has 0 aliphatic carbocycles. The molecule has 3 rings (SSSR count). The zero-order valence-electron chi connectivity index (χ0n) is 20.0.